The first-order valence-electron chi connectivity index (χ1n) is 6.49. The lowest BCUT2D eigenvalue weighted by atomic mass is 10.3. The number of rotatable bonds is 8. The first-order chi connectivity index (χ1) is 9.13. The number of ether oxygens (including phenoxy) is 1. The number of methoxy groups -OCH3 is 1. The van der Waals surface area contributed by atoms with Gasteiger partial charge in [-0.25, -0.2) is 13.1 Å². The van der Waals surface area contributed by atoms with Crippen molar-refractivity contribution in [1.82, 2.24) is 10.0 Å². The Labute approximate surface area is 114 Å². The molecule has 1 fully saturated rings. The van der Waals surface area contributed by atoms with Gasteiger partial charge >= 0.3 is 0 Å². The van der Waals surface area contributed by atoms with E-state index >= 15 is 0 Å². The van der Waals surface area contributed by atoms with E-state index in [2.05, 4.69) is 10.0 Å². The highest BCUT2D eigenvalue weighted by Crippen LogP contribution is 2.22. The van der Waals surface area contributed by atoms with E-state index in [1.54, 1.807) is 24.3 Å². The summed E-state index contributed by atoms with van der Waals surface area (Å²) in [5.41, 5.74) is 0. The van der Waals surface area contributed by atoms with Crippen LogP contribution < -0.4 is 14.8 Å². The zero-order chi connectivity index (χ0) is 13.7. The van der Waals surface area contributed by atoms with Gasteiger partial charge in [0.25, 0.3) is 0 Å². The fourth-order valence-electron chi connectivity index (χ4n) is 1.81. The summed E-state index contributed by atoms with van der Waals surface area (Å²) in [4.78, 5) is 0.188. The standard InChI is InChI=1S/C13H20N2O3S/c1-18-12-5-2-3-6-13(12)19(16,17)15-10-4-9-14-11-7-8-11/h2-3,5-6,11,14-15H,4,7-10H2,1H3. The van der Waals surface area contributed by atoms with Crippen LogP contribution in [0.25, 0.3) is 0 Å². The maximum atomic E-state index is 12.1. The molecule has 1 saturated carbocycles. The number of hydrogen-bond acceptors (Lipinski definition) is 4. The van der Waals surface area contributed by atoms with Gasteiger partial charge in [0.1, 0.15) is 10.6 Å². The third-order valence-corrected chi connectivity index (χ3v) is 4.52. The highest BCUT2D eigenvalue weighted by atomic mass is 32.2. The Hall–Kier alpha value is -1.11. The van der Waals surface area contributed by atoms with E-state index in [0.29, 0.717) is 18.3 Å². The molecule has 1 aliphatic rings. The molecule has 0 aromatic heterocycles. The molecule has 1 aromatic carbocycles. The minimum atomic E-state index is -3.49. The zero-order valence-corrected chi connectivity index (χ0v) is 11.9. The van der Waals surface area contributed by atoms with E-state index in [0.717, 1.165) is 13.0 Å². The number of benzene rings is 1. The topological polar surface area (TPSA) is 67.4 Å². The smallest absolute Gasteiger partial charge is 0.244 e. The van der Waals surface area contributed by atoms with Crippen molar-refractivity contribution in [3.8, 4) is 5.75 Å². The molecular weight excluding hydrogens is 264 g/mol. The molecule has 106 valence electrons. The molecule has 1 aromatic rings. The van der Waals surface area contributed by atoms with Crippen LogP contribution in [0.15, 0.2) is 29.2 Å². The second-order valence-electron chi connectivity index (χ2n) is 4.63. The van der Waals surface area contributed by atoms with Crippen molar-refractivity contribution in [3.05, 3.63) is 24.3 Å². The first-order valence-corrected chi connectivity index (χ1v) is 7.98. The van der Waals surface area contributed by atoms with Crippen LogP contribution in [-0.2, 0) is 10.0 Å². The first kappa shape index (κ1) is 14.3. The number of nitrogens with one attached hydrogen (secondary N) is 2. The molecule has 0 spiro atoms. The van der Waals surface area contributed by atoms with Gasteiger partial charge in [-0.15, -0.1) is 0 Å². The van der Waals surface area contributed by atoms with Crippen molar-refractivity contribution < 1.29 is 13.2 Å². The quantitative estimate of drug-likeness (QED) is 0.702. The summed E-state index contributed by atoms with van der Waals surface area (Å²) in [6, 6.07) is 7.28. The van der Waals surface area contributed by atoms with Crippen LogP contribution in [0.5, 0.6) is 5.75 Å². The van der Waals surface area contributed by atoms with Gasteiger partial charge in [-0.1, -0.05) is 12.1 Å². The molecule has 0 atom stereocenters. The summed E-state index contributed by atoms with van der Waals surface area (Å²) < 4.78 is 31.9. The van der Waals surface area contributed by atoms with Gasteiger partial charge in [-0.05, 0) is 37.9 Å². The number of sulfonamides is 1. The molecular formula is C13H20N2O3S. The maximum Gasteiger partial charge on any atom is 0.244 e. The predicted molar refractivity (Wildman–Crippen MR) is 73.8 cm³/mol. The van der Waals surface area contributed by atoms with Crippen molar-refractivity contribution in [2.45, 2.75) is 30.2 Å². The molecule has 0 heterocycles. The minimum Gasteiger partial charge on any atom is -0.495 e. The van der Waals surface area contributed by atoms with E-state index < -0.39 is 10.0 Å². The lowest BCUT2D eigenvalue weighted by Crippen LogP contribution is -2.28. The summed E-state index contributed by atoms with van der Waals surface area (Å²) in [7, 11) is -2.02. The summed E-state index contributed by atoms with van der Waals surface area (Å²) in [5, 5.41) is 3.35. The van der Waals surface area contributed by atoms with E-state index in [1.807, 2.05) is 0 Å². The number of hydrogen-bond donors (Lipinski definition) is 2. The fourth-order valence-corrected chi connectivity index (χ4v) is 3.05. The lowest BCUT2D eigenvalue weighted by molar-refractivity contribution is 0.402. The zero-order valence-electron chi connectivity index (χ0n) is 11.1. The fraction of sp³-hybridized carbons (Fsp3) is 0.538. The summed E-state index contributed by atoms with van der Waals surface area (Å²) in [6.07, 6.45) is 3.27. The monoisotopic (exact) mass is 284 g/mol. The lowest BCUT2D eigenvalue weighted by Gasteiger charge is -2.10. The number of para-hydroxylation sites is 1. The average molecular weight is 284 g/mol. The van der Waals surface area contributed by atoms with Crippen molar-refractivity contribution in [3.63, 3.8) is 0 Å². The predicted octanol–water partition coefficient (Wildman–Crippen LogP) is 1.12. The Morgan fingerprint density at radius 2 is 2.00 bits per heavy atom. The van der Waals surface area contributed by atoms with E-state index in [1.165, 1.54) is 20.0 Å². The Morgan fingerprint density at radius 1 is 1.26 bits per heavy atom. The van der Waals surface area contributed by atoms with Crippen LogP contribution in [0, 0.1) is 0 Å². The third-order valence-electron chi connectivity index (χ3n) is 3.01. The molecule has 19 heavy (non-hydrogen) atoms. The largest absolute Gasteiger partial charge is 0.495 e. The Balaban J connectivity index is 1.86. The SMILES string of the molecule is COc1ccccc1S(=O)(=O)NCCCNC1CC1. The van der Waals surface area contributed by atoms with Crippen molar-refractivity contribution >= 4 is 10.0 Å². The second-order valence-corrected chi connectivity index (χ2v) is 6.37. The second kappa shape index (κ2) is 6.36. The molecule has 0 unspecified atom stereocenters. The minimum absolute atomic E-state index is 0.188. The van der Waals surface area contributed by atoms with Crippen LogP contribution in [0.3, 0.4) is 0 Å². The van der Waals surface area contributed by atoms with Gasteiger partial charge in [0.15, 0.2) is 0 Å². The van der Waals surface area contributed by atoms with Gasteiger partial charge < -0.3 is 10.1 Å². The van der Waals surface area contributed by atoms with Gasteiger partial charge in [-0.2, -0.15) is 0 Å². The van der Waals surface area contributed by atoms with Gasteiger partial charge in [0.05, 0.1) is 7.11 Å². The van der Waals surface area contributed by atoms with Crippen LogP contribution in [0.2, 0.25) is 0 Å². The highest BCUT2D eigenvalue weighted by Gasteiger charge is 2.20. The Kier molecular flexibility index (Phi) is 4.79. The Bertz CT molecular complexity index is 512. The third kappa shape index (κ3) is 4.19. The molecule has 6 heteroatoms. The highest BCUT2D eigenvalue weighted by molar-refractivity contribution is 7.89. The summed E-state index contributed by atoms with van der Waals surface area (Å²) in [5.74, 6) is 0.367. The van der Waals surface area contributed by atoms with Gasteiger partial charge in [-0.3, -0.25) is 0 Å². The molecule has 1 aliphatic carbocycles. The normalized spacial score (nSPS) is 15.4. The van der Waals surface area contributed by atoms with Crippen LogP contribution in [-0.4, -0.2) is 34.7 Å². The van der Waals surface area contributed by atoms with E-state index in [-0.39, 0.29) is 4.90 Å². The van der Waals surface area contributed by atoms with Gasteiger partial charge in [0, 0.05) is 12.6 Å². The van der Waals surface area contributed by atoms with E-state index in [9.17, 15) is 8.42 Å². The van der Waals surface area contributed by atoms with Crippen LogP contribution >= 0.6 is 0 Å². The van der Waals surface area contributed by atoms with Crippen molar-refractivity contribution in [1.29, 1.82) is 0 Å². The van der Waals surface area contributed by atoms with Crippen molar-refractivity contribution in [2.75, 3.05) is 20.2 Å². The molecule has 0 aliphatic heterocycles. The van der Waals surface area contributed by atoms with E-state index in [4.69, 9.17) is 4.74 Å². The molecule has 0 radical (unpaired) electrons. The molecule has 5 nitrogen and oxygen atoms in total. The van der Waals surface area contributed by atoms with Crippen LogP contribution in [0.1, 0.15) is 19.3 Å². The molecule has 0 saturated heterocycles. The molecule has 0 amide bonds. The Morgan fingerprint density at radius 3 is 2.68 bits per heavy atom. The van der Waals surface area contributed by atoms with Crippen molar-refractivity contribution in [2.24, 2.45) is 0 Å². The average Bonchev–Trinajstić information content (AvgIpc) is 3.22. The summed E-state index contributed by atoms with van der Waals surface area (Å²) >= 11 is 0. The molecule has 0 bridgehead atoms. The van der Waals surface area contributed by atoms with Gasteiger partial charge in [0.2, 0.25) is 10.0 Å². The summed E-state index contributed by atoms with van der Waals surface area (Å²) in [6.45, 7) is 1.28. The molecule has 2 N–H and O–H groups in total. The molecule has 2 rings (SSSR count). The maximum absolute atomic E-state index is 12.1. The van der Waals surface area contributed by atoms with Crippen LogP contribution in [0.4, 0.5) is 0 Å².